The van der Waals surface area contributed by atoms with Crippen molar-refractivity contribution in [2.45, 2.75) is 31.7 Å². The summed E-state index contributed by atoms with van der Waals surface area (Å²) in [6.45, 7) is 0.984. The molecule has 4 heteroatoms. The van der Waals surface area contributed by atoms with Gasteiger partial charge in [0.1, 0.15) is 0 Å². The van der Waals surface area contributed by atoms with Crippen molar-refractivity contribution >= 4 is 22.9 Å². The van der Waals surface area contributed by atoms with Gasteiger partial charge in [0.2, 0.25) is 0 Å². The predicted molar refractivity (Wildman–Crippen MR) is 81.0 cm³/mol. The van der Waals surface area contributed by atoms with Gasteiger partial charge in [-0.3, -0.25) is 4.98 Å². The molecule has 2 nitrogen and oxygen atoms in total. The van der Waals surface area contributed by atoms with Crippen molar-refractivity contribution in [3.63, 3.8) is 0 Å². The zero-order valence-corrected chi connectivity index (χ0v) is 12.3. The van der Waals surface area contributed by atoms with Gasteiger partial charge in [-0.2, -0.15) is 0 Å². The maximum absolute atomic E-state index is 5.94. The van der Waals surface area contributed by atoms with E-state index in [0.29, 0.717) is 6.04 Å². The quantitative estimate of drug-likeness (QED) is 0.921. The van der Waals surface area contributed by atoms with E-state index in [-0.39, 0.29) is 0 Å². The van der Waals surface area contributed by atoms with E-state index < -0.39 is 0 Å². The molecule has 0 aliphatic heterocycles. The van der Waals surface area contributed by atoms with Crippen molar-refractivity contribution < 1.29 is 0 Å². The average Bonchev–Trinajstić information content (AvgIpc) is 2.85. The number of nitrogens with zero attached hydrogens (tertiary/aromatic N) is 1. The Kier molecular flexibility index (Phi) is 4.16. The molecule has 1 aliphatic carbocycles. The van der Waals surface area contributed by atoms with Gasteiger partial charge in [0, 0.05) is 23.7 Å². The third-order valence-electron chi connectivity index (χ3n) is 3.59. The van der Waals surface area contributed by atoms with Crippen LogP contribution in [0.2, 0.25) is 4.34 Å². The van der Waals surface area contributed by atoms with E-state index in [9.17, 15) is 0 Å². The number of nitrogens with one attached hydrogen (secondary N) is 1. The molecule has 0 saturated heterocycles. The Hall–Kier alpha value is -0.900. The standard InChI is InChI=1S/C15H17ClN2S/c16-14-7-6-12(19-14)8-10-17-13-5-1-3-11-4-2-9-18-15(11)13/h2,4,6-7,9,13,17H,1,3,5,8,10H2. The fraction of sp³-hybridized carbons (Fsp3) is 0.400. The molecular formula is C15H17ClN2S. The lowest BCUT2D eigenvalue weighted by atomic mass is 9.92. The number of pyridine rings is 1. The maximum atomic E-state index is 5.94. The van der Waals surface area contributed by atoms with Crippen molar-refractivity contribution in [2.75, 3.05) is 6.54 Å². The van der Waals surface area contributed by atoms with Crippen molar-refractivity contribution in [1.29, 1.82) is 0 Å². The molecule has 0 amide bonds. The Morgan fingerprint density at radius 1 is 1.37 bits per heavy atom. The van der Waals surface area contributed by atoms with E-state index in [0.717, 1.165) is 17.3 Å². The molecule has 1 N–H and O–H groups in total. The first-order chi connectivity index (χ1) is 9.33. The van der Waals surface area contributed by atoms with E-state index in [2.05, 4.69) is 22.4 Å². The molecule has 1 unspecified atom stereocenters. The van der Waals surface area contributed by atoms with E-state index in [4.69, 9.17) is 11.6 Å². The molecule has 2 aromatic heterocycles. The molecule has 0 radical (unpaired) electrons. The predicted octanol–water partition coefficient (Wildman–Crippen LogP) is 4.01. The number of aryl methyl sites for hydroxylation is 1. The van der Waals surface area contributed by atoms with E-state index >= 15 is 0 Å². The molecule has 2 heterocycles. The minimum Gasteiger partial charge on any atom is -0.308 e. The molecular weight excluding hydrogens is 276 g/mol. The fourth-order valence-electron chi connectivity index (χ4n) is 2.66. The number of rotatable bonds is 4. The minimum atomic E-state index is 0.417. The third-order valence-corrected chi connectivity index (χ3v) is 4.88. The third kappa shape index (κ3) is 3.16. The van der Waals surface area contributed by atoms with Crippen LogP contribution in [-0.2, 0) is 12.8 Å². The highest BCUT2D eigenvalue weighted by Crippen LogP contribution is 2.27. The Morgan fingerprint density at radius 3 is 3.16 bits per heavy atom. The average molecular weight is 293 g/mol. The van der Waals surface area contributed by atoms with Gasteiger partial charge in [-0.15, -0.1) is 11.3 Å². The van der Waals surface area contributed by atoms with Crippen LogP contribution in [0.5, 0.6) is 0 Å². The first kappa shape index (κ1) is 13.1. The summed E-state index contributed by atoms with van der Waals surface area (Å²) >= 11 is 7.61. The first-order valence-electron chi connectivity index (χ1n) is 6.74. The van der Waals surface area contributed by atoms with E-state index in [1.54, 1.807) is 11.3 Å². The number of aromatic nitrogens is 1. The van der Waals surface area contributed by atoms with Gasteiger partial charge in [0.05, 0.1) is 10.0 Å². The van der Waals surface area contributed by atoms with Crippen molar-refractivity contribution in [1.82, 2.24) is 10.3 Å². The van der Waals surface area contributed by atoms with E-state index in [1.165, 1.54) is 35.4 Å². The van der Waals surface area contributed by atoms with Gasteiger partial charge in [0.25, 0.3) is 0 Å². The van der Waals surface area contributed by atoms with Crippen LogP contribution < -0.4 is 5.32 Å². The van der Waals surface area contributed by atoms with Crippen LogP contribution in [-0.4, -0.2) is 11.5 Å². The van der Waals surface area contributed by atoms with Crippen LogP contribution in [0, 0.1) is 0 Å². The summed E-state index contributed by atoms with van der Waals surface area (Å²) in [6, 6.07) is 8.74. The van der Waals surface area contributed by atoms with Crippen LogP contribution >= 0.6 is 22.9 Å². The zero-order chi connectivity index (χ0) is 13.1. The summed E-state index contributed by atoms with van der Waals surface area (Å²) < 4.78 is 0.875. The van der Waals surface area contributed by atoms with Crippen molar-refractivity contribution in [2.24, 2.45) is 0 Å². The van der Waals surface area contributed by atoms with Crippen molar-refractivity contribution in [3.05, 3.63) is 50.9 Å². The summed E-state index contributed by atoms with van der Waals surface area (Å²) in [5, 5.41) is 3.64. The highest BCUT2D eigenvalue weighted by Gasteiger charge is 2.20. The normalized spacial score (nSPS) is 18.3. The van der Waals surface area contributed by atoms with Gasteiger partial charge in [-0.1, -0.05) is 17.7 Å². The lowest BCUT2D eigenvalue weighted by molar-refractivity contribution is 0.452. The number of hydrogen-bond donors (Lipinski definition) is 1. The number of halogens is 1. The van der Waals surface area contributed by atoms with Crippen LogP contribution in [0.15, 0.2) is 30.5 Å². The SMILES string of the molecule is Clc1ccc(CCNC2CCCc3cccnc32)s1. The van der Waals surface area contributed by atoms with Crippen LogP contribution in [0.3, 0.4) is 0 Å². The summed E-state index contributed by atoms with van der Waals surface area (Å²) in [4.78, 5) is 5.89. The maximum Gasteiger partial charge on any atom is 0.0931 e. The fourth-order valence-corrected chi connectivity index (χ4v) is 3.75. The minimum absolute atomic E-state index is 0.417. The second-order valence-electron chi connectivity index (χ2n) is 4.90. The van der Waals surface area contributed by atoms with Crippen molar-refractivity contribution in [3.8, 4) is 0 Å². The number of fused-ring (bicyclic) bond motifs is 1. The molecule has 19 heavy (non-hydrogen) atoms. The molecule has 1 aliphatic rings. The summed E-state index contributed by atoms with van der Waals surface area (Å²) in [6.07, 6.45) is 6.55. The number of thiophene rings is 1. The molecule has 0 bridgehead atoms. The zero-order valence-electron chi connectivity index (χ0n) is 10.7. The Bertz CT molecular complexity index is 553. The van der Waals surface area contributed by atoms with Gasteiger partial charge in [-0.05, 0) is 49.4 Å². The van der Waals surface area contributed by atoms with Crippen LogP contribution in [0.4, 0.5) is 0 Å². The van der Waals surface area contributed by atoms with Crippen LogP contribution in [0.1, 0.15) is 35.0 Å². The molecule has 3 rings (SSSR count). The molecule has 1 atom stereocenters. The topological polar surface area (TPSA) is 24.9 Å². The Labute approximate surface area is 122 Å². The molecule has 0 saturated carbocycles. The molecule has 100 valence electrons. The summed E-state index contributed by atoms with van der Waals surface area (Å²) in [7, 11) is 0. The van der Waals surface area contributed by atoms with E-state index in [1.807, 2.05) is 18.3 Å². The Morgan fingerprint density at radius 2 is 2.32 bits per heavy atom. The molecule has 2 aromatic rings. The number of hydrogen-bond acceptors (Lipinski definition) is 3. The largest absolute Gasteiger partial charge is 0.308 e. The highest BCUT2D eigenvalue weighted by atomic mass is 35.5. The van der Waals surface area contributed by atoms with Gasteiger partial charge in [-0.25, -0.2) is 0 Å². The summed E-state index contributed by atoms with van der Waals surface area (Å²) in [5.41, 5.74) is 2.66. The van der Waals surface area contributed by atoms with Crippen LogP contribution in [0.25, 0.3) is 0 Å². The Balaban J connectivity index is 1.59. The lowest BCUT2D eigenvalue weighted by Crippen LogP contribution is -2.27. The monoisotopic (exact) mass is 292 g/mol. The summed E-state index contributed by atoms with van der Waals surface area (Å²) in [5.74, 6) is 0. The second kappa shape index (κ2) is 6.04. The lowest BCUT2D eigenvalue weighted by Gasteiger charge is -2.25. The highest BCUT2D eigenvalue weighted by molar-refractivity contribution is 7.16. The second-order valence-corrected chi connectivity index (χ2v) is 6.70. The molecule has 0 spiro atoms. The van der Waals surface area contributed by atoms with Gasteiger partial charge < -0.3 is 5.32 Å². The molecule has 0 fully saturated rings. The van der Waals surface area contributed by atoms with Gasteiger partial charge >= 0.3 is 0 Å². The smallest absolute Gasteiger partial charge is 0.0931 e. The van der Waals surface area contributed by atoms with Gasteiger partial charge in [0.15, 0.2) is 0 Å². The first-order valence-corrected chi connectivity index (χ1v) is 7.94. The molecule has 0 aromatic carbocycles.